The zero-order valence-electron chi connectivity index (χ0n) is 11.3. The first-order valence-electron chi connectivity index (χ1n) is 6.44. The van der Waals surface area contributed by atoms with Crippen LogP contribution in [0.25, 0.3) is 0 Å². The van der Waals surface area contributed by atoms with Crippen molar-refractivity contribution in [2.75, 3.05) is 11.4 Å². The highest BCUT2D eigenvalue weighted by molar-refractivity contribution is 6.31. The predicted octanol–water partition coefficient (Wildman–Crippen LogP) is 2.36. The van der Waals surface area contributed by atoms with Gasteiger partial charge in [-0.1, -0.05) is 25.4 Å². The van der Waals surface area contributed by atoms with Crippen molar-refractivity contribution < 1.29 is 14.0 Å². The molecule has 0 aliphatic carbocycles. The molecule has 2 rings (SSSR count). The van der Waals surface area contributed by atoms with Crippen LogP contribution in [0.1, 0.15) is 20.3 Å². The number of carbonyl (C=O) groups is 2. The van der Waals surface area contributed by atoms with E-state index in [-0.39, 0.29) is 29.3 Å². The van der Waals surface area contributed by atoms with E-state index >= 15 is 0 Å². The van der Waals surface area contributed by atoms with Crippen LogP contribution in [0, 0.1) is 11.7 Å². The van der Waals surface area contributed by atoms with E-state index in [2.05, 4.69) is 5.32 Å². The maximum atomic E-state index is 13.2. The summed E-state index contributed by atoms with van der Waals surface area (Å²) in [5, 5.41) is 2.62. The van der Waals surface area contributed by atoms with Crippen LogP contribution in [-0.4, -0.2) is 24.4 Å². The Bertz CT molecular complexity index is 548. The first kappa shape index (κ1) is 14.8. The molecular weight excluding hydrogens is 283 g/mol. The molecule has 2 amide bonds. The van der Waals surface area contributed by atoms with E-state index in [9.17, 15) is 14.0 Å². The van der Waals surface area contributed by atoms with Crippen LogP contribution in [0.5, 0.6) is 0 Å². The molecule has 20 heavy (non-hydrogen) atoms. The first-order chi connectivity index (χ1) is 9.38. The van der Waals surface area contributed by atoms with Crippen molar-refractivity contribution in [1.82, 2.24) is 5.32 Å². The maximum absolute atomic E-state index is 13.2. The smallest absolute Gasteiger partial charge is 0.250 e. The maximum Gasteiger partial charge on any atom is 0.250 e. The molecule has 1 aromatic rings. The lowest BCUT2D eigenvalue weighted by molar-refractivity contribution is -0.131. The van der Waals surface area contributed by atoms with Crippen molar-refractivity contribution in [3.05, 3.63) is 29.0 Å². The van der Waals surface area contributed by atoms with Crippen molar-refractivity contribution >= 4 is 29.1 Å². The lowest BCUT2D eigenvalue weighted by Crippen LogP contribution is -2.58. The number of nitrogens with one attached hydrogen (secondary N) is 1. The molecule has 1 atom stereocenters. The number of nitrogens with zero attached hydrogens (tertiary/aromatic N) is 1. The Hall–Kier alpha value is -1.62. The van der Waals surface area contributed by atoms with Crippen molar-refractivity contribution in [3.8, 4) is 0 Å². The summed E-state index contributed by atoms with van der Waals surface area (Å²) in [6.45, 7) is 3.88. The van der Waals surface area contributed by atoms with Crippen molar-refractivity contribution in [2.45, 2.75) is 26.3 Å². The SMILES string of the molecule is CC(C)CC1NC(=O)CN(c2ccc(F)c(Cl)c2)C1=O. The van der Waals surface area contributed by atoms with Gasteiger partial charge in [0.05, 0.1) is 5.02 Å². The molecule has 6 heteroatoms. The standard InChI is InChI=1S/C14H16ClFN2O2/c1-8(2)5-12-14(20)18(7-13(19)17-12)9-3-4-11(16)10(15)6-9/h3-4,6,8,12H,5,7H2,1-2H3,(H,17,19). The number of halogens is 2. The molecule has 0 bridgehead atoms. The first-order valence-corrected chi connectivity index (χ1v) is 6.82. The summed E-state index contributed by atoms with van der Waals surface area (Å²) in [4.78, 5) is 25.4. The Balaban J connectivity index is 2.27. The minimum absolute atomic E-state index is 0.0679. The van der Waals surface area contributed by atoms with Gasteiger partial charge in [0.2, 0.25) is 11.8 Å². The van der Waals surface area contributed by atoms with Crippen LogP contribution >= 0.6 is 11.6 Å². The highest BCUT2D eigenvalue weighted by atomic mass is 35.5. The fourth-order valence-electron chi connectivity index (χ4n) is 2.21. The molecule has 0 radical (unpaired) electrons. The fraction of sp³-hybridized carbons (Fsp3) is 0.429. The minimum atomic E-state index is -0.553. The van der Waals surface area contributed by atoms with E-state index in [1.54, 1.807) is 0 Å². The molecule has 1 aliphatic rings. The monoisotopic (exact) mass is 298 g/mol. The second-order valence-corrected chi connectivity index (χ2v) is 5.68. The highest BCUT2D eigenvalue weighted by Crippen LogP contribution is 2.25. The molecule has 0 spiro atoms. The average molecular weight is 299 g/mol. The average Bonchev–Trinajstić information content (AvgIpc) is 2.36. The molecular formula is C14H16ClFN2O2. The number of hydrogen-bond acceptors (Lipinski definition) is 2. The number of piperazine rings is 1. The van der Waals surface area contributed by atoms with Crippen molar-refractivity contribution in [2.24, 2.45) is 5.92 Å². The van der Waals surface area contributed by atoms with Gasteiger partial charge in [-0.2, -0.15) is 0 Å². The van der Waals surface area contributed by atoms with Crippen LogP contribution in [0.2, 0.25) is 5.02 Å². The molecule has 1 aliphatic heterocycles. The second-order valence-electron chi connectivity index (χ2n) is 5.27. The van der Waals surface area contributed by atoms with E-state index in [0.29, 0.717) is 12.1 Å². The molecule has 1 aromatic carbocycles. The third kappa shape index (κ3) is 3.10. The lowest BCUT2D eigenvalue weighted by Gasteiger charge is -2.33. The van der Waals surface area contributed by atoms with Gasteiger partial charge in [-0.3, -0.25) is 9.59 Å². The Kier molecular flexibility index (Phi) is 4.28. The van der Waals surface area contributed by atoms with Gasteiger partial charge in [0, 0.05) is 5.69 Å². The summed E-state index contributed by atoms with van der Waals surface area (Å²) in [5.74, 6) is -0.694. The van der Waals surface area contributed by atoms with E-state index in [0.717, 1.165) is 0 Å². The molecule has 4 nitrogen and oxygen atoms in total. The van der Waals surface area contributed by atoms with E-state index in [1.165, 1.54) is 23.1 Å². The van der Waals surface area contributed by atoms with Gasteiger partial charge in [-0.15, -0.1) is 0 Å². The summed E-state index contributed by atoms with van der Waals surface area (Å²) in [5.41, 5.74) is 0.435. The molecule has 1 unspecified atom stereocenters. The van der Waals surface area contributed by atoms with Crippen LogP contribution in [0.4, 0.5) is 10.1 Å². The van der Waals surface area contributed by atoms with Crippen LogP contribution < -0.4 is 10.2 Å². The number of benzene rings is 1. The summed E-state index contributed by atoms with van der Waals surface area (Å²) in [6, 6.07) is 3.46. The molecule has 108 valence electrons. The Morgan fingerprint density at radius 1 is 1.45 bits per heavy atom. The van der Waals surface area contributed by atoms with Gasteiger partial charge in [-0.05, 0) is 30.5 Å². The number of rotatable bonds is 3. The van der Waals surface area contributed by atoms with Crippen LogP contribution in [-0.2, 0) is 9.59 Å². The number of anilines is 1. The Labute approximate surface area is 121 Å². The predicted molar refractivity (Wildman–Crippen MR) is 75.1 cm³/mol. The third-order valence-electron chi connectivity index (χ3n) is 3.12. The van der Waals surface area contributed by atoms with Crippen LogP contribution in [0.15, 0.2) is 18.2 Å². The number of amides is 2. The topological polar surface area (TPSA) is 49.4 Å². The van der Waals surface area contributed by atoms with Gasteiger partial charge < -0.3 is 10.2 Å². The molecule has 1 N–H and O–H groups in total. The molecule has 1 fully saturated rings. The molecule has 1 heterocycles. The van der Waals surface area contributed by atoms with Gasteiger partial charge in [0.1, 0.15) is 18.4 Å². The fourth-order valence-corrected chi connectivity index (χ4v) is 2.39. The summed E-state index contributed by atoms with van der Waals surface area (Å²) >= 11 is 5.72. The molecule has 0 saturated carbocycles. The molecule has 0 aromatic heterocycles. The summed E-state index contributed by atoms with van der Waals surface area (Å²) in [7, 11) is 0. The van der Waals surface area contributed by atoms with Gasteiger partial charge in [-0.25, -0.2) is 4.39 Å². The Morgan fingerprint density at radius 3 is 2.75 bits per heavy atom. The van der Waals surface area contributed by atoms with E-state index in [4.69, 9.17) is 11.6 Å². The quantitative estimate of drug-likeness (QED) is 0.931. The second kappa shape index (κ2) is 5.79. The lowest BCUT2D eigenvalue weighted by atomic mass is 10.0. The van der Waals surface area contributed by atoms with Gasteiger partial charge in [0.15, 0.2) is 0 Å². The van der Waals surface area contributed by atoms with E-state index in [1.807, 2.05) is 13.8 Å². The summed E-state index contributed by atoms with van der Waals surface area (Å²) < 4.78 is 13.2. The summed E-state index contributed by atoms with van der Waals surface area (Å²) in [6.07, 6.45) is 0.565. The minimum Gasteiger partial charge on any atom is -0.343 e. The number of hydrogen-bond donors (Lipinski definition) is 1. The van der Waals surface area contributed by atoms with E-state index < -0.39 is 11.9 Å². The zero-order chi connectivity index (χ0) is 14.9. The van der Waals surface area contributed by atoms with Crippen LogP contribution in [0.3, 0.4) is 0 Å². The highest BCUT2D eigenvalue weighted by Gasteiger charge is 2.33. The largest absolute Gasteiger partial charge is 0.343 e. The van der Waals surface area contributed by atoms with Gasteiger partial charge >= 0.3 is 0 Å². The molecule has 1 saturated heterocycles. The Morgan fingerprint density at radius 2 is 2.15 bits per heavy atom. The van der Waals surface area contributed by atoms with Crippen molar-refractivity contribution in [3.63, 3.8) is 0 Å². The number of carbonyl (C=O) groups excluding carboxylic acids is 2. The zero-order valence-corrected chi connectivity index (χ0v) is 12.1. The third-order valence-corrected chi connectivity index (χ3v) is 3.41. The van der Waals surface area contributed by atoms with Crippen molar-refractivity contribution in [1.29, 1.82) is 0 Å². The normalized spacial score (nSPS) is 19.4. The van der Waals surface area contributed by atoms with Gasteiger partial charge in [0.25, 0.3) is 0 Å².